The molecule has 8 aromatic rings. The van der Waals surface area contributed by atoms with Gasteiger partial charge in [0.2, 0.25) is 0 Å². The van der Waals surface area contributed by atoms with Crippen molar-refractivity contribution in [3.05, 3.63) is 208 Å². The summed E-state index contributed by atoms with van der Waals surface area (Å²) in [5.74, 6) is 0. The molecule has 0 bridgehead atoms. The monoisotopic (exact) mass is 1000 g/mol. The Morgan fingerprint density at radius 1 is 0.250 bits per heavy atom. The fourth-order valence-corrected chi connectivity index (χ4v) is 11.0. The van der Waals surface area contributed by atoms with Crippen LogP contribution in [0.25, 0.3) is 55.6 Å². The molecule has 0 amide bonds. The van der Waals surface area contributed by atoms with Gasteiger partial charge in [0, 0.05) is 22.5 Å². The van der Waals surface area contributed by atoms with Gasteiger partial charge in [-0.05, 0) is 175 Å². The molecule has 0 fully saturated rings. The number of benzene rings is 8. The second kappa shape index (κ2) is 18.9. The number of hydrogen-bond donors (Lipinski definition) is 0. The zero-order chi connectivity index (χ0) is 55.3. The van der Waals surface area contributed by atoms with E-state index >= 15 is 0 Å². The van der Waals surface area contributed by atoms with E-state index in [0.717, 1.165) is 17.1 Å². The van der Waals surface area contributed by atoms with Crippen LogP contribution in [0.4, 0.5) is 17.1 Å². The molecule has 0 atom stereocenters. The van der Waals surface area contributed by atoms with Crippen LogP contribution >= 0.6 is 0 Å². The summed E-state index contributed by atoms with van der Waals surface area (Å²) in [6.45, 7) is 46.7. The van der Waals surface area contributed by atoms with Crippen LogP contribution in [0, 0.1) is 0 Å². The van der Waals surface area contributed by atoms with Crippen molar-refractivity contribution < 1.29 is 0 Å². The standard InChI is InChI=1S/C75H87N/c1-69(2,3)56-35-51(34-52(36-56)54-39-59(72(10,11)12)45-60(40-54)73(13,14)15)48-28-30-49(31-29-48)55-41-61(74(16,17)18)46-64(43-55)76(63-32-33-66-65-26-21-22-27-67(65)75(19,20)68(66)47-63)62-25-23-24-50(42-62)53-37-57(70(4,5)6)44-58(38-53)71(7,8)9/h21-47H,1-20H3. The maximum Gasteiger partial charge on any atom is 0.0470 e. The van der Waals surface area contributed by atoms with Gasteiger partial charge in [-0.1, -0.05) is 260 Å². The first-order valence-corrected chi connectivity index (χ1v) is 28.1. The van der Waals surface area contributed by atoms with Crippen molar-refractivity contribution in [2.75, 3.05) is 4.90 Å². The third-order valence-corrected chi connectivity index (χ3v) is 16.3. The summed E-state index contributed by atoms with van der Waals surface area (Å²) in [6, 6.07) is 63.9. The molecular formula is C75H87N. The third kappa shape index (κ3) is 10.9. The molecule has 0 aliphatic heterocycles. The minimum atomic E-state index is -0.147. The van der Waals surface area contributed by atoms with E-state index in [2.05, 4.69) is 307 Å². The summed E-state index contributed by atoms with van der Waals surface area (Å²) in [6.07, 6.45) is 0. The quantitative estimate of drug-likeness (QED) is 0.154. The second-order valence-corrected chi connectivity index (χ2v) is 29.0. The van der Waals surface area contributed by atoms with Gasteiger partial charge in [0.05, 0.1) is 0 Å². The van der Waals surface area contributed by atoms with Gasteiger partial charge in [-0.2, -0.15) is 0 Å². The zero-order valence-electron chi connectivity index (χ0n) is 50.0. The van der Waals surface area contributed by atoms with Crippen LogP contribution in [0.2, 0.25) is 0 Å². The van der Waals surface area contributed by atoms with Gasteiger partial charge in [0.25, 0.3) is 0 Å². The number of nitrogens with zero attached hydrogens (tertiary/aromatic N) is 1. The molecule has 0 saturated carbocycles. The summed E-state index contributed by atoms with van der Waals surface area (Å²) in [4.78, 5) is 2.52. The lowest BCUT2D eigenvalue weighted by Gasteiger charge is -2.31. The lowest BCUT2D eigenvalue weighted by Crippen LogP contribution is -2.17. The average Bonchev–Trinajstić information content (AvgIpc) is 3.61. The van der Waals surface area contributed by atoms with Crippen LogP contribution in [0.5, 0.6) is 0 Å². The van der Waals surface area contributed by atoms with E-state index in [4.69, 9.17) is 0 Å². The maximum absolute atomic E-state index is 2.52. The Labute approximate surface area is 459 Å². The lowest BCUT2D eigenvalue weighted by molar-refractivity contribution is 0.568. The number of hydrogen-bond acceptors (Lipinski definition) is 1. The van der Waals surface area contributed by atoms with Gasteiger partial charge >= 0.3 is 0 Å². The maximum atomic E-state index is 2.52. The van der Waals surface area contributed by atoms with Crippen LogP contribution in [0.15, 0.2) is 164 Å². The van der Waals surface area contributed by atoms with Crippen molar-refractivity contribution in [3.8, 4) is 55.6 Å². The minimum Gasteiger partial charge on any atom is -0.310 e. The molecule has 9 rings (SSSR count). The van der Waals surface area contributed by atoms with E-state index in [1.165, 1.54) is 100 Å². The van der Waals surface area contributed by atoms with Gasteiger partial charge in [0.15, 0.2) is 0 Å². The molecule has 0 spiro atoms. The number of rotatable bonds is 7. The Morgan fingerprint density at radius 2 is 0.605 bits per heavy atom. The summed E-state index contributed by atoms with van der Waals surface area (Å²) in [5.41, 5.74) is 26.6. The molecule has 76 heavy (non-hydrogen) atoms. The largest absolute Gasteiger partial charge is 0.310 e. The predicted molar refractivity (Wildman–Crippen MR) is 333 cm³/mol. The molecule has 0 saturated heterocycles. The summed E-state index contributed by atoms with van der Waals surface area (Å²) in [5, 5.41) is 0. The molecule has 0 aromatic heterocycles. The van der Waals surface area contributed by atoms with Crippen LogP contribution < -0.4 is 4.90 Å². The highest BCUT2D eigenvalue weighted by Gasteiger charge is 2.36. The van der Waals surface area contributed by atoms with Gasteiger partial charge in [-0.25, -0.2) is 0 Å². The van der Waals surface area contributed by atoms with E-state index in [0.29, 0.717) is 0 Å². The smallest absolute Gasteiger partial charge is 0.0470 e. The second-order valence-electron chi connectivity index (χ2n) is 29.0. The van der Waals surface area contributed by atoms with Crippen LogP contribution in [0.1, 0.15) is 183 Å². The van der Waals surface area contributed by atoms with Crippen molar-refractivity contribution in [3.63, 3.8) is 0 Å². The Kier molecular flexibility index (Phi) is 13.5. The molecule has 0 radical (unpaired) electrons. The molecule has 1 heteroatoms. The van der Waals surface area contributed by atoms with Gasteiger partial charge < -0.3 is 4.90 Å². The van der Waals surface area contributed by atoms with Crippen molar-refractivity contribution in [2.24, 2.45) is 0 Å². The van der Waals surface area contributed by atoms with Crippen molar-refractivity contribution >= 4 is 17.1 Å². The Hall–Kier alpha value is -6.44. The highest BCUT2D eigenvalue weighted by molar-refractivity contribution is 5.88. The van der Waals surface area contributed by atoms with E-state index in [1.807, 2.05) is 0 Å². The highest BCUT2D eigenvalue weighted by atomic mass is 15.1. The van der Waals surface area contributed by atoms with Crippen molar-refractivity contribution in [1.82, 2.24) is 0 Å². The predicted octanol–water partition coefficient (Wildman–Crippen LogP) is 21.9. The summed E-state index contributed by atoms with van der Waals surface area (Å²) < 4.78 is 0. The molecule has 1 aliphatic rings. The van der Waals surface area contributed by atoms with E-state index in [-0.39, 0.29) is 37.9 Å². The Bertz CT molecular complexity index is 3410. The molecule has 392 valence electrons. The minimum absolute atomic E-state index is 0.00493. The van der Waals surface area contributed by atoms with Crippen molar-refractivity contribution in [1.29, 1.82) is 0 Å². The fraction of sp³-hybridized carbons (Fsp3) is 0.360. The normalized spacial score (nSPS) is 13.9. The van der Waals surface area contributed by atoms with Crippen LogP contribution in [0.3, 0.4) is 0 Å². The van der Waals surface area contributed by atoms with E-state index in [9.17, 15) is 0 Å². The molecule has 0 N–H and O–H groups in total. The van der Waals surface area contributed by atoms with Gasteiger partial charge in [-0.3, -0.25) is 0 Å². The SMILES string of the molecule is CC(C)(C)c1cc(-c2ccc(-c3cc(N(c4cccc(-c5cc(C(C)(C)C)cc(C(C)(C)C)c5)c4)c4ccc5c(c4)C(C)(C)c4ccccc4-5)cc(C(C)(C)C)c3)cc2)cc(-c2cc(C(C)(C)C)cc(C(C)(C)C)c2)c1. The first kappa shape index (κ1) is 54.4. The topological polar surface area (TPSA) is 3.24 Å². The summed E-state index contributed by atoms with van der Waals surface area (Å²) in [7, 11) is 0. The van der Waals surface area contributed by atoms with E-state index < -0.39 is 0 Å². The number of anilines is 3. The molecule has 1 aliphatic carbocycles. The average molecular weight is 1000 g/mol. The zero-order valence-corrected chi connectivity index (χ0v) is 50.0. The molecule has 1 nitrogen and oxygen atoms in total. The van der Waals surface area contributed by atoms with Crippen molar-refractivity contribution in [2.45, 2.75) is 176 Å². The molecular weight excluding hydrogens is 915 g/mol. The van der Waals surface area contributed by atoms with Gasteiger partial charge in [-0.15, -0.1) is 0 Å². The third-order valence-electron chi connectivity index (χ3n) is 16.3. The molecule has 0 unspecified atom stereocenters. The van der Waals surface area contributed by atoms with Crippen LogP contribution in [-0.4, -0.2) is 0 Å². The number of fused-ring (bicyclic) bond motifs is 3. The molecule has 0 heterocycles. The lowest BCUT2D eigenvalue weighted by atomic mass is 9.78. The fourth-order valence-electron chi connectivity index (χ4n) is 11.0. The van der Waals surface area contributed by atoms with Gasteiger partial charge in [0.1, 0.15) is 0 Å². The summed E-state index contributed by atoms with van der Waals surface area (Å²) >= 11 is 0. The first-order valence-electron chi connectivity index (χ1n) is 28.1. The molecule has 8 aromatic carbocycles. The highest BCUT2D eigenvalue weighted by Crippen LogP contribution is 2.51. The first-order chi connectivity index (χ1) is 35.2. The van der Waals surface area contributed by atoms with E-state index in [1.54, 1.807) is 0 Å². The van der Waals surface area contributed by atoms with Crippen LogP contribution in [-0.2, 0) is 37.9 Å². The Morgan fingerprint density at radius 3 is 1.08 bits per heavy atom. The Balaban J connectivity index is 1.20.